The molecule has 0 aliphatic carbocycles. The second-order valence-corrected chi connectivity index (χ2v) is 5.93. The third-order valence-electron chi connectivity index (χ3n) is 4.08. The van der Waals surface area contributed by atoms with Crippen LogP contribution < -0.4 is 10.9 Å². The maximum Gasteiger partial charge on any atom is 0.255 e. The zero-order valence-electron chi connectivity index (χ0n) is 14.5. The lowest BCUT2D eigenvalue weighted by Gasteiger charge is -2.14. The Bertz CT molecular complexity index is 879. The molecule has 6 heteroatoms. The van der Waals surface area contributed by atoms with Crippen molar-refractivity contribution in [2.75, 3.05) is 18.5 Å². The number of aromatic nitrogens is 3. The van der Waals surface area contributed by atoms with Crippen LogP contribution in [0.1, 0.15) is 12.0 Å². The van der Waals surface area contributed by atoms with Gasteiger partial charge in [0.1, 0.15) is 0 Å². The maximum absolute atomic E-state index is 12.4. The Morgan fingerprint density at radius 3 is 2.58 bits per heavy atom. The average Bonchev–Trinajstić information content (AvgIpc) is 2.69. The molecule has 0 radical (unpaired) electrons. The number of hydrogen-bond acceptors (Lipinski definition) is 5. The molecular formula is C20H22N4O2. The lowest BCUT2D eigenvalue weighted by atomic mass is 10.1. The van der Waals surface area contributed by atoms with Crippen molar-refractivity contribution in [3.8, 4) is 11.3 Å². The third kappa shape index (κ3) is 4.55. The fourth-order valence-corrected chi connectivity index (χ4v) is 2.76. The van der Waals surface area contributed by atoms with Crippen molar-refractivity contribution in [2.45, 2.75) is 19.4 Å². The molecule has 2 N–H and O–H groups in total. The van der Waals surface area contributed by atoms with E-state index < -0.39 is 0 Å². The van der Waals surface area contributed by atoms with E-state index in [0.717, 1.165) is 18.4 Å². The monoisotopic (exact) mass is 350 g/mol. The first-order valence-corrected chi connectivity index (χ1v) is 8.69. The minimum Gasteiger partial charge on any atom is -0.395 e. The van der Waals surface area contributed by atoms with Crippen molar-refractivity contribution in [1.29, 1.82) is 0 Å². The number of benzene rings is 1. The number of nitrogens with zero attached hydrogens (tertiary/aromatic N) is 3. The fourth-order valence-electron chi connectivity index (χ4n) is 2.76. The largest absolute Gasteiger partial charge is 0.395 e. The average molecular weight is 350 g/mol. The topological polar surface area (TPSA) is 80.0 Å². The molecule has 0 saturated heterocycles. The van der Waals surface area contributed by atoms with Crippen LogP contribution >= 0.6 is 0 Å². The van der Waals surface area contributed by atoms with Gasteiger partial charge in [0, 0.05) is 30.6 Å². The van der Waals surface area contributed by atoms with E-state index in [4.69, 9.17) is 0 Å². The number of aliphatic hydroxyl groups is 1. The molecule has 0 fully saturated rings. The van der Waals surface area contributed by atoms with Gasteiger partial charge in [-0.25, -0.2) is 4.98 Å². The van der Waals surface area contributed by atoms with Gasteiger partial charge in [0.25, 0.3) is 5.56 Å². The summed E-state index contributed by atoms with van der Waals surface area (Å²) in [5.41, 5.74) is 2.52. The zero-order valence-corrected chi connectivity index (χ0v) is 14.5. The predicted molar refractivity (Wildman–Crippen MR) is 102 cm³/mol. The van der Waals surface area contributed by atoms with Crippen LogP contribution in [0.3, 0.4) is 0 Å². The summed E-state index contributed by atoms with van der Waals surface area (Å²) >= 11 is 0. The van der Waals surface area contributed by atoms with Crippen LogP contribution in [0.15, 0.2) is 65.7 Å². The number of aryl methyl sites for hydroxylation is 1. The van der Waals surface area contributed by atoms with E-state index in [1.807, 2.05) is 30.3 Å². The van der Waals surface area contributed by atoms with Gasteiger partial charge >= 0.3 is 0 Å². The summed E-state index contributed by atoms with van der Waals surface area (Å²) < 4.78 is 1.47. The summed E-state index contributed by atoms with van der Waals surface area (Å²) in [7, 11) is 0. The molecule has 134 valence electrons. The standard InChI is InChI=1S/C20H22N4O2/c25-14-13-24-19(26)15-18(17-8-11-21-12-9-17)23-20(24)22-10-4-7-16-5-2-1-3-6-16/h1-3,5-6,8-9,11-12,15,25H,4,7,10,13-14H2,(H,22,23). The zero-order chi connectivity index (χ0) is 18.2. The highest BCUT2D eigenvalue weighted by Crippen LogP contribution is 2.16. The summed E-state index contributed by atoms with van der Waals surface area (Å²) in [6.45, 7) is 0.783. The van der Waals surface area contributed by atoms with E-state index in [0.29, 0.717) is 18.2 Å². The van der Waals surface area contributed by atoms with Gasteiger partial charge < -0.3 is 10.4 Å². The number of anilines is 1. The summed E-state index contributed by atoms with van der Waals surface area (Å²) in [4.78, 5) is 21.0. The van der Waals surface area contributed by atoms with Crippen LogP contribution in [0.4, 0.5) is 5.95 Å². The van der Waals surface area contributed by atoms with Crippen molar-refractivity contribution in [3.63, 3.8) is 0 Å². The minimum atomic E-state index is -0.188. The molecule has 0 spiro atoms. The van der Waals surface area contributed by atoms with Crippen molar-refractivity contribution in [2.24, 2.45) is 0 Å². The smallest absolute Gasteiger partial charge is 0.255 e. The fraction of sp³-hybridized carbons (Fsp3) is 0.250. The Kier molecular flexibility index (Phi) is 6.11. The highest BCUT2D eigenvalue weighted by atomic mass is 16.3. The first-order chi connectivity index (χ1) is 12.8. The summed E-state index contributed by atoms with van der Waals surface area (Å²) in [6, 6.07) is 15.4. The molecule has 0 atom stereocenters. The Balaban J connectivity index is 1.75. The normalized spacial score (nSPS) is 10.7. The van der Waals surface area contributed by atoms with Gasteiger partial charge in [0.15, 0.2) is 0 Å². The van der Waals surface area contributed by atoms with Gasteiger partial charge in [0.2, 0.25) is 5.95 Å². The second kappa shape index (κ2) is 8.92. The van der Waals surface area contributed by atoms with Crippen molar-refractivity contribution >= 4 is 5.95 Å². The number of nitrogens with one attached hydrogen (secondary N) is 1. The third-order valence-corrected chi connectivity index (χ3v) is 4.08. The molecule has 26 heavy (non-hydrogen) atoms. The van der Waals surface area contributed by atoms with E-state index in [9.17, 15) is 9.90 Å². The van der Waals surface area contributed by atoms with Crippen LogP contribution in [0.25, 0.3) is 11.3 Å². The molecule has 6 nitrogen and oxygen atoms in total. The molecule has 0 unspecified atom stereocenters. The van der Waals surface area contributed by atoms with Crippen LogP contribution in [-0.2, 0) is 13.0 Å². The van der Waals surface area contributed by atoms with Crippen molar-refractivity contribution in [1.82, 2.24) is 14.5 Å². The quantitative estimate of drug-likeness (QED) is 0.610. The van der Waals surface area contributed by atoms with Crippen LogP contribution in [0.2, 0.25) is 0 Å². The highest BCUT2D eigenvalue weighted by molar-refractivity contribution is 5.59. The molecule has 2 aromatic heterocycles. The number of aliphatic hydroxyl groups excluding tert-OH is 1. The van der Waals surface area contributed by atoms with Gasteiger partial charge in [-0.3, -0.25) is 14.3 Å². The molecule has 3 rings (SSSR count). The summed E-state index contributed by atoms with van der Waals surface area (Å²) in [5, 5.41) is 12.5. The SMILES string of the molecule is O=c1cc(-c2ccncc2)nc(NCCCc2ccccc2)n1CCO. The van der Waals surface area contributed by atoms with E-state index in [1.165, 1.54) is 16.2 Å². The van der Waals surface area contributed by atoms with Gasteiger partial charge in [-0.15, -0.1) is 0 Å². The van der Waals surface area contributed by atoms with Crippen LogP contribution in [0, 0.1) is 0 Å². The van der Waals surface area contributed by atoms with Crippen LogP contribution in [-0.4, -0.2) is 32.8 Å². The van der Waals surface area contributed by atoms with E-state index in [2.05, 4.69) is 27.4 Å². The number of pyridine rings is 1. The van der Waals surface area contributed by atoms with E-state index in [1.54, 1.807) is 12.4 Å². The molecule has 0 aliphatic heterocycles. The first-order valence-electron chi connectivity index (χ1n) is 8.69. The molecule has 0 bridgehead atoms. The first kappa shape index (κ1) is 17.8. The summed E-state index contributed by atoms with van der Waals surface area (Å²) in [5.74, 6) is 0.478. The minimum absolute atomic E-state index is 0.116. The Labute approximate surface area is 152 Å². The molecule has 2 heterocycles. The Morgan fingerprint density at radius 1 is 1.08 bits per heavy atom. The number of rotatable bonds is 8. The molecular weight excluding hydrogens is 328 g/mol. The predicted octanol–water partition coefficient (Wildman–Crippen LogP) is 2.34. The van der Waals surface area contributed by atoms with Gasteiger partial charge in [-0.05, 0) is 30.5 Å². The lowest BCUT2D eigenvalue weighted by Crippen LogP contribution is -2.26. The van der Waals surface area contributed by atoms with Crippen molar-refractivity contribution in [3.05, 3.63) is 76.8 Å². The van der Waals surface area contributed by atoms with Gasteiger partial charge in [-0.2, -0.15) is 0 Å². The molecule has 1 aromatic carbocycles. The van der Waals surface area contributed by atoms with E-state index >= 15 is 0 Å². The molecule has 0 aliphatic rings. The molecule has 3 aromatic rings. The van der Waals surface area contributed by atoms with Crippen LogP contribution in [0.5, 0.6) is 0 Å². The lowest BCUT2D eigenvalue weighted by molar-refractivity contribution is 0.274. The highest BCUT2D eigenvalue weighted by Gasteiger charge is 2.09. The molecule has 0 saturated carbocycles. The maximum atomic E-state index is 12.4. The Morgan fingerprint density at radius 2 is 1.85 bits per heavy atom. The summed E-state index contributed by atoms with van der Waals surface area (Å²) in [6.07, 6.45) is 5.20. The van der Waals surface area contributed by atoms with Gasteiger partial charge in [0.05, 0.1) is 18.8 Å². The van der Waals surface area contributed by atoms with Crippen molar-refractivity contribution < 1.29 is 5.11 Å². The number of hydrogen-bond donors (Lipinski definition) is 2. The second-order valence-electron chi connectivity index (χ2n) is 5.93. The molecule has 0 amide bonds. The van der Waals surface area contributed by atoms with Gasteiger partial charge in [-0.1, -0.05) is 30.3 Å². The Hall–Kier alpha value is -2.99. The van der Waals surface area contributed by atoms with E-state index in [-0.39, 0.29) is 18.7 Å².